The molecule has 192 valence electrons. The summed E-state index contributed by atoms with van der Waals surface area (Å²) in [6, 6.07) is -1.30. The van der Waals surface area contributed by atoms with Gasteiger partial charge in [0.05, 0.1) is 17.9 Å². The van der Waals surface area contributed by atoms with Crippen LogP contribution in [-0.2, 0) is 19.2 Å². The van der Waals surface area contributed by atoms with Gasteiger partial charge in [-0.15, -0.1) is 0 Å². The maximum atomic E-state index is 13.9. The van der Waals surface area contributed by atoms with Gasteiger partial charge in [0.25, 0.3) is 0 Å². The Morgan fingerprint density at radius 2 is 1.21 bits per heavy atom. The quantitative estimate of drug-likeness (QED) is 0.397. The van der Waals surface area contributed by atoms with E-state index in [9.17, 15) is 34.5 Å². The van der Waals surface area contributed by atoms with Gasteiger partial charge in [-0.1, -0.05) is 41.5 Å². The van der Waals surface area contributed by atoms with E-state index in [1.807, 2.05) is 0 Å². The van der Waals surface area contributed by atoms with Gasteiger partial charge in [0.2, 0.25) is 5.91 Å². The lowest BCUT2D eigenvalue weighted by atomic mass is 9.56. The van der Waals surface area contributed by atoms with Gasteiger partial charge in [0.1, 0.15) is 5.54 Å². The maximum Gasteiger partial charge on any atom is 0.330 e. The zero-order chi connectivity index (χ0) is 27.0. The van der Waals surface area contributed by atoms with E-state index in [0.717, 1.165) is 0 Å². The van der Waals surface area contributed by atoms with Crippen molar-refractivity contribution >= 4 is 23.8 Å². The number of carboxylic acid groups (broad SMARTS) is 3. The third kappa shape index (κ3) is 6.46. The predicted molar refractivity (Wildman–Crippen MR) is 126 cm³/mol. The molecule has 0 aromatic heterocycles. The maximum absolute atomic E-state index is 13.9. The first-order valence-electron chi connectivity index (χ1n) is 11.1. The first-order valence-corrected chi connectivity index (χ1v) is 11.1. The van der Waals surface area contributed by atoms with E-state index in [1.54, 1.807) is 62.3 Å². The highest BCUT2D eigenvalue weighted by Crippen LogP contribution is 2.52. The lowest BCUT2D eigenvalue weighted by molar-refractivity contribution is -0.194. The molecule has 5 N–H and O–H groups in total. The van der Waals surface area contributed by atoms with Crippen molar-refractivity contribution in [3.63, 3.8) is 0 Å². The first-order chi connectivity index (χ1) is 14.3. The van der Waals surface area contributed by atoms with Crippen LogP contribution in [0.25, 0.3) is 0 Å². The zero-order valence-electron chi connectivity index (χ0n) is 22.1. The summed E-state index contributed by atoms with van der Waals surface area (Å²) in [7, 11) is 0. The summed E-state index contributed by atoms with van der Waals surface area (Å²) in [5.74, 6) is -5.37. The Labute approximate surface area is 197 Å². The standard InChI is InChI=1S/C24H44N2O7/c1-20(2,3)15(12-16(27)28)24(19(32)33,21(4,5)6)26(22(7,8)9)17(29)14(25)13-23(10,11)18(30)31/h14-15H,12-13,25H2,1-11H3,(H,27,28)(H,30,31)(H,32,33)/t14-,15?,24-/m0/s1. The molecule has 0 aliphatic heterocycles. The molecule has 33 heavy (non-hydrogen) atoms. The minimum absolute atomic E-state index is 0.216. The molecule has 1 amide bonds. The largest absolute Gasteiger partial charge is 0.481 e. The van der Waals surface area contributed by atoms with E-state index in [1.165, 1.54) is 18.7 Å². The highest BCUT2D eigenvalue weighted by Gasteiger charge is 2.65. The second-order valence-corrected chi connectivity index (χ2v) is 12.7. The third-order valence-electron chi connectivity index (χ3n) is 6.27. The monoisotopic (exact) mass is 472 g/mol. The second-order valence-electron chi connectivity index (χ2n) is 12.7. The number of nitrogens with two attached hydrogens (primary N) is 1. The SMILES string of the molecule is CC(C)(C[C@H](N)C(=O)N(C(C)(C)C)[C@](C(=O)O)(C(CC(=O)O)C(C)(C)C)C(C)(C)C)C(=O)O. The molecular formula is C24H44N2O7. The van der Waals surface area contributed by atoms with Crippen molar-refractivity contribution in [2.75, 3.05) is 0 Å². The molecule has 0 aliphatic carbocycles. The Morgan fingerprint density at radius 3 is 1.45 bits per heavy atom. The van der Waals surface area contributed by atoms with Gasteiger partial charge in [0, 0.05) is 11.5 Å². The number of aliphatic carboxylic acids is 3. The highest BCUT2D eigenvalue weighted by molar-refractivity contribution is 5.92. The van der Waals surface area contributed by atoms with Crippen molar-refractivity contribution in [3.8, 4) is 0 Å². The second kappa shape index (κ2) is 9.60. The zero-order valence-corrected chi connectivity index (χ0v) is 22.1. The number of nitrogens with zero attached hydrogens (tertiary/aromatic N) is 1. The summed E-state index contributed by atoms with van der Waals surface area (Å²) in [5.41, 5.74) is -0.0742. The van der Waals surface area contributed by atoms with E-state index in [0.29, 0.717) is 0 Å². The fourth-order valence-electron chi connectivity index (χ4n) is 4.76. The fourth-order valence-corrected chi connectivity index (χ4v) is 4.76. The third-order valence-corrected chi connectivity index (χ3v) is 6.27. The summed E-state index contributed by atoms with van der Waals surface area (Å²) in [4.78, 5) is 51.9. The highest BCUT2D eigenvalue weighted by atomic mass is 16.4. The summed E-state index contributed by atoms with van der Waals surface area (Å²) >= 11 is 0. The van der Waals surface area contributed by atoms with Gasteiger partial charge in [-0.25, -0.2) is 4.79 Å². The van der Waals surface area contributed by atoms with Gasteiger partial charge in [-0.05, 0) is 51.9 Å². The summed E-state index contributed by atoms with van der Waals surface area (Å²) in [6.45, 7) is 18.2. The molecule has 9 nitrogen and oxygen atoms in total. The average Bonchev–Trinajstić information content (AvgIpc) is 2.52. The predicted octanol–water partition coefficient (Wildman–Crippen LogP) is 3.45. The van der Waals surface area contributed by atoms with E-state index < -0.39 is 69.5 Å². The van der Waals surface area contributed by atoms with Crippen molar-refractivity contribution in [1.29, 1.82) is 0 Å². The number of hydrogen-bond acceptors (Lipinski definition) is 5. The minimum atomic E-state index is -1.97. The number of amides is 1. The van der Waals surface area contributed by atoms with Gasteiger partial charge in [-0.3, -0.25) is 14.4 Å². The van der Waals surface area contributed by atoms with Crippen molar-refractivity contribution in [2.24, 2.45) is 27.9 Å². The molecule has 0 spiro atoms. The van der Waals surface area contributed by atoms with E-state index in [-0.39, 0.29) is 6.42 Å². The molecule has 1 unspecified atom stereocenters. The minimum Gasteiger partial charge on any atom is -0.481 e. The van der Waals surface area contributed by atoms with Crippen LogP contribution in [0.1, 0.15) is 89.0 Å². The normalized spacial score (nSPS) is 17.0. The molecule has 3 atom stereocenters. The van der Waals surface area contributed by atoms with Crippen LogP contribution >= 0.6 is 0 Å². The van der Waals surface area contributed by atoms with Crippen LogP contribution in [0.4, 0.5) is 0 Å². The molecule has 0 heterocycles. The van der Waals surface area contributed by atoms with E-state index in [2.05, 4.69) is 0 Å². The smallest absolute Gasteiger partial charge is 0.330 e. The Hall–Kier alpha value is -2.16. The molecule has 0 saturated carbocycles. The molecule has 0 aliphatic rings. The number of carbonyl (C=O) groups excluding carboxylic acids is 1. The fraction of sp³-hybridized carbons (Fsp3) is 0.833. The van der Waals surface area contributed by atoms with Gasteiger partial charge >= 0.3 is 17.9 Å². The van der Waals surface area contributed by atoms with E-state index in [4.69, 9.17) is 5.73 Å². The summed E-state index contributed by atoms with van der Waals surface area (Å²) in [6.07, 6.45) is -0.699. The molecule has 9 heteroatoms. The average molecular weight is 473 g/mol. The van der Waals surface area contributed by atoms with Crippen molar-refractivity contribution in [2.45, 2.75) is 106 Å². The number of hydrogen-bond donors (Lipinski definition) is 4. The van der Waals surface area contributed by atoms with Crippen molar-refractivity contribution in [1.82, 2.24) is 4.90 Å². The van der Waals surface area contributed by atoms with E-state index >= 15 is 0 Å². The van der Waals surface area contributed by atoms with Crippen LogP contribution in [0.2, 0.25) is 0 Å². The Balaban J connectivity index is 7.34. The number of rotatable bonds is 9. The van der Waals surface area contributed by atoms with Crippen molar-refractivity contribution < 1.29 is 34.5 Å². The van der Waals surface area contributed by atoms with Crippen LogP contribution in [0, 0.1) is 22.2 Å². The Morgan fingerprint density at radius 1 is 0.788 bits per heavy atom. The van der Waals surface area contributed by atoms with Crippen molar-refractivity contribution in [3.05, 3.63) is 0 Å². The molecule has 0 fully saturated rings. The number of carbonyl (C=O) groups is 4. The molecule has 0 aromatic rings. The van der Waals surface area contributed by atoms with Gasteiger partial charge in [0.15, 0.2) is 0 Å². The van der Waals surface area contributed by atoms with Gasteiger partial charge < -0.3 is 26.0 Å². The van der Waals surface area contributed by atoms with Crippen LogP contribution in [-0.4, -0.2) is 61.2 Å². The topological polar surface area (TPSA) is 158 Å². The summed E-state index contributed by atoms with van der Waals surface area (Å²) in [5, 5.41) is 30.0. The lowest BCUT2D eigenvalue weighted by Crippen LogP contribution is -2.75. The Kier molecular flexibility index (Phi) is 8.97. The van der Waals surface area contributed by atoms with Crippen LogP contribution in [0.3, 0.4) is 0 Å². The molecule has 0 radical (unpaired) electrons. The summed E-state index contributed by atoms with van der Waals surface area (Å²) < 4.78 is 0. The molecule has 0 rings (SSSR count). The number of carboxylic acids is 3. The molecule has 0 bridgehead atoms. The first kappa shape index (κ1) is 30.8. The Bertz CT molecular complexity index is 769. The molecule has 0 aromatic carbocycles. The van der Waals surface area contributed by atoms with Crippen LogP contribution < -0.4 is 5.73 Å². The lowest BCUT2D eigenvalue weighted by Gasteiger charge is -2.60. The van der Waals surface area contributed by atoms with Crippen LogP contribution in [0.5, 0.6) is 0 Å². The van der Waals surface area contributed by atoms with Crippen LogP contribution in [0.15, 0.2) is 0 Å². The van der Waals surface area contributed by atoms with Gasteiger partial charge in [-0.2, -0.15) is 0 Å². The molecule has 0 saturated heterocycles. The molecular weight excluding hydrogens is 428 g/mol.